The Labute approximate surface area is 162 Å². The topological polar surface area (TPSA) is 58.6 Å². The maximum Gasteiger partial charge on any atom is 0.335 e. The normalized spacial score (nSPS) is 17.3. The second kappa shape index (κ2) is 11.7. The van der Waals surface area contributed by atoms with E-state index in [1.807, 2.05) is 19.1 Å². The molecule has 0 radical (unpaired) electrons. The van der Waals surface area contributed by atoms with Crippen molar-refractivity contribution in [3.63, 3.8) is 0 Å². The van der Waals surface area contributed by atoms with Gasteiger partial charge in [0.25, 0.3) is 0 Å². The number of rotatable bonds is 7. The molecule has 1 aromatic rings. The van der Waals surface area contributed by atoms with Crippen molar-refractivity contribution in [2.45, 2.75) is 32.3 Å². The minimum atomic E-state index is -0.925. The fraction of sp³-hybridized carbons (Fsp3) is 0.261. The Morgan fingerprint density at radius 1 is 1.37 bits per heavy atom. The minimum Gasteiger partial charge on any atom is -0.478 e. The fourth-order valence-electron chi connectivity index (χ4n) is 2.83. The summed E-state index contributed by atoms with van der Waals surface area (Å²) in [6, 6.07) is 6.88. The number of nitrogens with one attached hydrogen (secondary N) is 1. The molecule has 0 heterocycles. The van der Waals surface area contributed by atoms with E-state index >= 15 is 0 Å². The fourth-order valence-corrected chi connectivity index (χ4v) is 2.83. The number of hydrogen-bond donors (Lipinski definition) is 2. The zero-order valence-electron chi connectivity index (χ0n) is 16.2. The van der Waals surface area contributed by atoms with E-state index in [0.29, 0.717) is 0 Å². The monoisotopic (exact) mass is 367 g/mol. The Hall–Kier alpha value is -2.85. The molecule has 2 rings (SSSR count). The molecule has 0 saturated carbocycles. The summed E-state index contributed by atoms with van der Waals surface area (Å²) in [5.74, 6) is -0.925. The summed E-state index contributed by atoms with van der Waals surface area (Å²) in [6.07, 6.45) is 10.7. The van der Waals surface area contributed by atoms with Gasteiger partial charge >= 0.3 is 5.97 Å². The largest absolute Gasteiger partial charge is 0.478 e. The quantitative estimate of drug-likeness (QED) is 0.476. The summed E-state index contributed by atoms with van der Waals surface area (Å²) in [6.45, 7) is 11.7. The highest BCUT2D eigenvalue weighted by molar-refractivity contribution is 5.88. The maximum absolute atomic E-state index is 11.1. The van der Waals surface area contributed by atoms with Crippen LogP contribution in [0, 0.1) is 0 Å². The molecule has 1 atom stereocenters. The van der Waals surface area contributed by atoms with Crippen LogP contribution in [0.15, 0.2) is 85.1 Å². The third-order valence-electron chi connectivity index (χ3n) is 4.22. The predicted octanol–water partition coefficient (Wildman–Crippen LogP) is 5.74. The van der Waals surface area contributed by atoms with Crippen molar-refractivity contribution >= 4 is 11.7 Å². The molecule has 1 aliphatic carbocycles. The summed E-state index contributed by atoms with van der Waals surface area (Å²) in [5, 5.41) is 12.5. The number of methoxy groups -OCH3 is 1. The van der Waals surface area contributed by atoms with Gasteiger partial charge in [-0.25, -0.2) is 4.79 Å². The zero-order valence-corrected chi connectivity index (χ0v) is 16.2. The highest BCUT2D eigenvalue weighted by Gasteiger charge is 2.19. The van der Waals surface area contributed by atoms with Gasteiger partial charge in [0.1, 0.15) is 0 Å². The average molecular weight is 367 g/mol. The standard InChI is InChI=1S/C21H25NO3.C2H4/c1-4-6-15(2)9-10-16-14-19(25-3)11-12-20(16)22-18-8-5-7-17(13-18)21(23)24;1-2/h4-10,13,19,22H,1,11-12,14H2,2-3H3,(H,23,24);1-2H2/b10-9+,15-6+;. The number of carboxylic acids is 1. The summed E-state index contributed by atoms with van der Waals surface area (Å²) >= 11 is 0. The van der Waals surface area contributed by atoms with Crippen LogP contribution in [0.5, 0.6) is 0 Å². The molecule has 144 valence electrons. The van der Waals surface area contributed by atoms with Gasteiger partial charge in [-0.3, -0.25) is 0 Å². The molecular weight excluding hydrogens is 338 g/mol. The zero-order chi connectivity index (χ0) is 20.2. The minimum absolute atomic E-state index is 0.208. The predicted molar refractivity (Wildman–Crippen MR) is 113 cm³/mol. The molecule has 1 aliphatic rings. The van der Waals surface area contributed by atoms with Crippen LogP contribution in [0.1, 0.15) is 36.5 Å². The lowest BCUT2D eigenvalue weighted by Crippen LogP contribution is -2.20. The number of aromatic carboxylic acids is 1. The lowest BCUT2D eigenvalue weighted by Gasteiger charge is -2.26. The first-order valence-electron chi connectivity index (χ1n) is 8.86. The summed E-state index contributed by atoms with van der Waals surface area (Å²) < 4.78 is 5.52. The molecule has 0 fully saturated rings. The first kappa shape index (κ1) is 22.2. The molecule has 4 heteroatoms. The number of anilines is 1. The smallest absolute Gasteiger partial charge is 0.335 e. The van der Waals surface area contributed by atoms with Crippen LogP contribution in [0.25, 0.3) is 0 Å². The number of hydrogen-bond acceptors (Lipinski definition) is 3. The van der Waals surface area contributed by atoms with Gasteiger partial charge in [0.15, 0.2) is 0 Å². The van der Waals surface area contributed by atoms with Crippen molar-refractivity contribution in [2.24, 2.45) is 0 Å². The average Bonchev–Trinajstić information content (AvgIpc) is 2.69. The Morgan fingerprint density at radius 3 is 2.74 bits per heavy atom. The van der Waals surface area contributed by atoms with Gasteiger partial charge in [-0.15, -0.1) is 13.2 Å². The molecule has 0 amide bonds. The molecule has 1 unspecified atom stereocenters. The molecule has 0 aliphatic heterocycles. The van der Waals surface area contributed by atoms with Gasteiger partial charge in [0.2, 0.25) is 0 Å². The highest BCUT2D eigenvalue weighted by Crippen LogP contribution is 2.29. The third kappa shape index (κ3) is 7.12. The van der Waals surface area contributed by atoms with E-state index in [1.165, 1.54) is 5.57 Å². The lowest BCUT2D eigenvalue weighted by molar-refractivity contribution is 0.0697. The molecule has 27 heavy (non-hydrogen) atoms. The highest BCUT2D eigenvalue weighted by atomic mass is 16.5. The van der Waals surface area contributed by atoms with E-state index in [1.54, 1.807) is 31.4 Å². The van der Waals surface area contributed by atoms with E-state index in [2.05, 4.69) is 37.2 Å². The number of carboxylic acid groups (broad SMARTS) is 1. The van der Waals surface area contributed by atoms with Crippen molar-refractivity contribution in [3.8, 4) is 0 Å². The van der Waals surface area contributed by atoms with Crippen LogP contribution in [0.4, 0.5) is 5.69 Å². The maximum atomic E-state index is 11.1. The van der Waals surface area contributed by atoms with Gasteiger partial charge < -0.3 is 15.2 Å². The van der Waals surface area contributed by atoms with Gasteiger partial charge in [0, 0.05) is 24.9 Å². The first-order chi connectivity index (χ1) is 13.0. The van der Waals surface area contributed by atoms with E-state index in [9.17, 15) is 4.79 Å². The molecule has 1 aromatic carbocycles. The van der Waals surface area contributed by atoms with Crippen molar-refractivity contribution in [1.29, 1.82) is 0 Å². The van der Waals surface area contributed by atoms with Crippen LogP contribution in [0.2, 0.25) is 0 Å². The Bertz CT molecular complexity index is 744. The second-order valence-electron chi connectivity index (χ2n) is 6.09. The summed E-state index contributed by atoms with van der Waals surface area (Å²) in [5.41, 5.74) is 4.47. The van der Waals surface area contributed by atoms with Gasteiger partial charge in [0.05, 0.1) is 11.7 Å². The molecule has 0 aromatic heterocycles. The van der Waals surface area contributed by atoms with Gasteiger partial charge in [-0.2, -0.15) is 0 Å². The molecule has 0 spiro atoms. The van der Waals surface area contributed by atoms with Crippen LogP contribution in [0.3, 0.4) is 0 Å². The Balaban J connectivity index is 0.00000176. The first-order valence-corrected chi connectivity index (χ1v) is 8.86. The number of ether oxygens (including phenoxy) is 1. The number of carbonyl (C=O) groups is 1. The summed E-state index contributed by atoms with van der Waals surface area (Å²) in [7, 11) is 1.74. The van der Waals surface area contributed by atoms with Crippen LogP contribution in [-0.2, 0) is 4.74 Å². The second-order valence-corrected chi connectivity index (χ2v) is 6.09. The SMILES string of the molecule is C=C.C=C/C=C(C)/C=C/C1=C(Nc2cccc(C(=O)O)c2)CCC(OC)C1. The van der Waals surface area contributed by atoms with Crippen molar-refractivity contribution in [3.05, 3.63) is 90.7 Å². The molecule has 2 N–H and O–H groups in total. The third-order valence-corrected chi connectivity index (χ3v) is 4.22. The molecule has 4 nitrogen and oxygen atoms in total. The van der Waals surface area contributed by atoms with Crippen molar-refractivity contribution in [1.82, 2.24) is 0 Å². The van der Waals surface area contributed by atoms with Crippen LogP contribution in [-0.4, -0.2) is 24.3 Å². The number of allylic oxidation sites excluding steroid dienone is 6. The van der Waals surface area contributed by atoms with E-state index in [4.69, 9.17) is 9.84 Å². The summed E-state index contributed by atoms with van der Waals surface area (Å²) in [4.78, 5) is 11.1. The van der Waals surface area contributed by atoms with Crippen LogP contribution >= 0.6 is 0 Å². The van der Waals surface area contributed by atoms with E-state index in [0.717, 1.165) is 36.2 Å². The Morgan fingerprint density at radius 2 is 2.11 bits per heavy atom. The lowest BCUT2D eigenvalue weighted by atomic mass is 9.92. The van der Waals surface area contributed by atoms with E-state index in [-0.39, 0.29) is 11.7 Å². The number of benzene rings is 1. The van der Waals surface area contributed by atoms with E-state index < -0.39 is 5.97 Å². The van der Waals surface area contributed by atoms with Crippen molar-refractivity contribution < 1.29 is 14.6 Å². The Kier molecular flexibility index (Phi) is 9.62. The molecule has 0 saturated heterocycles. The molecule has 0 bridgehead atoms. The van der Waals surface area contributed by atoms with Crippen LogP contribution < -0.4 is 5.32 Å². The van der Waals surface area contributed by atoms with Crippen molar-refractivity contribution in [2.75, 3.05) is 12.4 Å². The molecular formula is C23H29NO3. The van der Waals surface area contributed by atoms with Gasteiger partial charge in [-0.05, 0) is 43.5 Å². The van der Waals surface area contributed by atoms with Gasteiger partial charge in [-0.1, -0.05) is 42.5 Å².